The minimum atomic E-state index is -1.08. The van der Waals surface area contributed by atoms with Crippen LogP contribution < -0.4 is 0 Å². The molecular weight excluding hydrogens is 248 g/mol. The van der Waals surface area contributed by atoms with Gasteiger partial charge in [-0.15, -0.1) is 0 Å². The Bertz CT molecular complexity index is 511. The van der Waals surface area contributed by atoms with Gasteiger partial charge in [0, 0.05) is 17.3 Å². The second-order valence-corrected chi connectivity index (χ2v) is 5.31. The number of Topliss-reactive ketones (excluding diaryl/α,β-unsaturated/α-hetero) is 1. The fraction of sp³-hybridized carbons (Fsp3) is 0.462. The lowest BCUT2D eigenvalue weighted by atomic mass is 10.1. The Labute approximate surface area is 111 Å². The number of carbonyl (C=O) groups excluding carboxylic acids is 2. The molecule has 0 aliphatic rings. The summed E-state index contributed by atoms with van der Waals surface area (Å²) in [5.41, 5.74) is -0.0225. The first kappa shape index (κ1) is 14.9. The summed E-state index contributed by atoms with van der Waals surface area (Å²) in [6.45, 7) is 6.26. The van der Waals surface area contributed by atoms with Crippen LogP contribution in [0, 0.1) is 0 Å². The van der Waals surface area contributed by atoms with E-state index >= 15 is 0 Å². The number of aromatic amines is 1. The van der Waals surface area contributed by atoms with Gasteiger partial charge in [0.2, 0.25) is 0 Å². The first-order chi connectivity index (χ1) is 8.62. The van der Waals surface area contributed by atoms with E-state index in [-0.39, 0.29) is 11.5 Å². The molecule has 1 aromatic heterocycles. The number of H-pyrrole nitrogens is 1. The molecule has 0 aliphatic heterocycles. The average molecular weight is 266 g/mol. The van der Waals surface area contributed by atoms with Crippen molar-refractivity contribution in [2.24, 2.45) is 0 Å². The highest BCUT2D eigenvalue weighted by atomic mass is 16.4. The minimum absolute atomic E-state index is 0.157. The van der Waals surface area contributed by atoms with Crippen molar-refractivity contribution in [2.75, 3.05) is 6.54 Å². The van der Waals surface area contributed by atoms with Crippen LogP contribution in [-0.2, 0) is 4.79 Å². The number of carboxylic acid groups (broad SMARTS) is 1. The Balaban J connectivity index is 3.05. The molecule has 0 fully saturated rings. The smallest absolute Gasteiger partial charge is 0.323 e. The number of amides is 1. The Morgan fingerprint density at radius 2 is 1.89 bits per heavy atom. The summed E-state index contributed by atoms with van der Waals surface area (Å²) in [4.78, 5) is 38.3. The summed E-state index contributed by atoms with van der Waals surface area (Å²) in [7, 11) is 0. The molecule has 0 spiro atoms. The van der Waals surface area contributed by atoms with Crippen molar-refractivity contribution in [3.05, 3.63) is 23.5 Å². The fourth-order valence-corrected chi connectivity index (χ4v) is 1.62. The summed E-state index contributed by atoms with van der Waals surface area (Å²) in [6.07, 6.45) is 1.44. The van der Waals surface area contributed by atoms with Gasteiger partial charge in [0.15, 0.2) is 5.78 Å². The predicted octanol–water partition coefficient (Wildman–Crippen LogP) is 1.54. The molecule has 6 heteroatoms. The fourth-order valence-electron chi connectivity index (χ4n) is 1.62. The molecule has 1 amide bonds. The van der Waals surface area contributed by atoms with Crippen LogP contribution in [0.5, 0.6) is 0 Å². The first-order valence-electron chi connectivity index (χ1n) is 5.86. The van der Waals surface area contributed by atoms with Crippen molar-refractivity contribution < 1.29 is 19.5 Å². The summed E-state index contributed by atoms with van der Waals surface area (Å²) in [6, 6.07) is 1.44. The Morgan fingerprint density at radius 3 is 2.26 bits per heavy atom. The Hall–Kier alpha value is -2.11. The topological polar surface area (TPSA) is 90.5 Å². The Kier molecular flexibility index (Phi) is 4.14. The van der Waals surface area contributed by atoms with E-state index in [0.29, 0.717) is 5.56 Å². The van der Waals surface area contributed by atoms with Gasteiger partial charge in [-0.1, -0.05) is 0 Å². The van der Waals surface area contributed by atoms with Crippen LogP contribution in [0.25, 0.3) is 0 Å². The maximum atomic E-state index is 12.3. The lowest BCUT2D eigenvalue weighted by Gasteiger charge is -2.34. The molecule has 0 saturated heterocycles. The summed E-state index contributed by atoms with van der Waals surface area (Å²) in [5.74, 6) is -1.68. The first-order valence-corrected chi connectivity index (χ1v) is 5.86. The van der Waals surface area contributed by atoms with Crippen LogP contribution in [0.2, 0.25) is 0 Å². The summed E-state index contributed by atoms with van der Waals surface area (Å²) >= 11 is 0. The predicted molar refractivity (Wildman–Crippen MR) is 69.2 cm³/mol. The van der Waals surface area contributed by atoms with Crippen molar-refractivity contribution in [1.29, 1.82) is 0 Å². The van der Waals surface area contributed by atoms with Crippen molar-refractivity contribution in [1.82, 2.24) is 9.88 Å². The number of hydrogen-bond donors (Lipinski definition) is 2. The van der Waals surface area contributed by atoms with E-state index in [4.69, 9.17) is 5.11 Å². The van der Waals surface area contributed by atoms with Crippen LogP contribution in [0.3, 0.4) is 0 Å². The third-order valence-electron chi connectivity index (χ3n) is 2.67. The number of aliphatic carboxylic acids is 1. The number of nitrogens with zero attached hydrogens (tertiary/aromatic N) is 1. The second-order valence-electron chi connectivity index (χ2n) is 5.31. The third-order valence-corrected chi connectivity index (χ3v) is 2.67. The van der Waals surface area contributed by atoms with Gasteiger partial charge < -0.3 is 15.0 Å². The van der Waals surface area contributed by atoms with Gasteiger partial charge in [-0.05, 0) is 33.8 Å². The zero-order chi connectivity index (χ0) is 14.8. The number of nitrogens with one attached hydrogen (secondary N) is 1. The second kappa shape index (κ2) is 5.26. The highest BCUT2D eigenvalue weighted by Gasteiger charge is 2.30. The summed E-state index contributed by atoms with van der Waals surface area (Å²) in [5, 5.41) is 8.88. The molecule has 0 saturated carbocycles. The number of ketones is 1. The molecule has 2 N–H and O–H groups in total. The standard InChI is InChI=1S/C13H18N2O4/c1-8(16)9-5-10(14-6-9)12(19)15(7-11(17)18)13(2,3)4/h5-6,14H,7H2,1-4H3,(H,17,18). The lowest BCUT2D eigenvalue weighted by Crippen LogP contribution is -2.48. The molecule has 1 heterocycles. The highest BCUT2D eigenvalue weighted by Crippen LogP contribution is 2.17. The van der Waals surface area contributed by atoms with Gasteiger partial charge in [0.05, 0.1) is 0 Å². The van der Waals surface area contributed by atoms with E-state index in [1.807, 2.05) is 0 Å². The largest absolute Gasteiger partial charge is 0.480 e. The number of carbonyl (C=O) groups is 3. The van der Waals surface area contributed by atoms with E-state index < -0.39 is 24.0 Å². The minimum Gasteiger partial charge on any atom is -0.480 e. The third kappa shape index (κ3) is 3.67. The van der Waals surface area contributed by atoms with Crippen LogP contribution >= 0.6 is 0 Å². The van der Waals surface area contributed by atoms with Gasteiger partial charge >= 0.3 is 5.97 Å². The van der Waals surface area contributed by atoms with Gasteiger partial charge in [-0.2, -0.15) is 0 Å². The Morgan fingerprint density at radius 1 is 1.32 bits per heavy atom. The van der Waals surface area contributed by atoms with Crippen LogP contribution in [-0.4, -0.2) is 44.7 Å². The summed E-state index contributed by atoms with van der Waals surface area (Å²) < 4.78 is 0. The zero-order valence-corrected chi connectivity index (χ0v) is 11.5. The van der Waals surface area contributed by atoms with Crippen LogP contribution in [0.4, 0.5) is 0 Å². The van der Waals surface area contributed by atoms with Crippen LogP contribution in [0.1, 0.15) is 48.5 Å². The van der Waals surface area contributed by atoms with E-state index in [2.05, 4.69) is 4.98 Å². The molecule has 1 aromatic rings. The van der Waals surface area contributed by atoms with Crippen LogP contribution in [0.15, 0.2) is 12.3 Å². The molecular formula is C13H18N2O4. The number of rotatable bonds is 4. The van der Waals surface area contributed by atoms with Crippen molar-refractivity contribution in [3.8, 4) is 0 Å². The maximum Gasteiger partial charge on any atom is 0.323 e. The number of aromatic nitrogens is 1. The van der Waals surface area contributed by atoms with E-state index in [1.165, 1.54) is 24.1 Å². The molecule has 1 rings (SSSR count). The normalized spacial score (nSPS) is 11.2. The zero-order valence-electron chi connectivity index (χ0n) is 11.5. The highest BCUT2D eigenvalue weighted by molar-refractivity contribution is 5.99. The van der Waals surface area contributed by atoms with Gasteiger partial charge in [0.1, 0.15) is 12.2 Å². The maximum absolute atomic E-state index is 12.3. The lowest BCUT2D eigenvalue weighted by molar-refractivity contribution is -0.138. The average Bonchev–Trinajstić information content (AvgIpc) is 2.72. The van der Waals surface area contributed by atoms with Gasteiger partial charge in [-0.25, -0.2) is 0 Å². The molecule has 0 aliphatic carbocycles. The van der Waals surface area contributed by atoms with E-state index in [1.54, 1.807) is 20.8 Å². The van der Waals surface area contributed by atoms with E-state index in [9.17, 15) is 14.4 Å². The molecule has 0 atom stereocenters. The van der Waals surface area contributed by atoms with Gasteiger partial charge in [0.25, 0.3) is 5.91 Å². The van der Waals surface area contributed by atoms with Crippen molar-refractivity contribution in [2.45, 2.75) is 33.2 Å². The molecule has 6 nitrogen and oxygen atoms in total. The number of carboxylic acids is 1. The molecule has 0 unspecified atom stereocenters. The quantitative estimate of drug-likeness (QED) is 0.809. The molecule has 19 heavy (non-hydrogen) atoms. The molecule has 0 bridgehead atoms. The van der Waals surface area contributed by atoms with Gasteiger partial charge in [-0.3, -0.25) is 14.4 Å². The van der Waals surface area contributed by atoms with Crippen molar-refractivity contribution in [3.63, 3.8) is 0 Å². The SMILES string of the molecule is CC(=O)c1c[nH]c(C(=O)N(CC(=O)O)C(C)(C)C)c1. The molecule has 0 radical (unpaired) electrons. The van der Waals surface area contributed by atoms with Crippen molar-refractivity contribution >= 4 is 17.7 Å². The van der Waals surface area contributed by atoms with E-state index in [0.717, 1.165) is 0 Å². The molecule has 0 aromatic carbocycles. The monoisotopic (exact) mass is 266 g/mol. The number of hydrogen-bond acceptors (Lipinski definition) is 3. The molecule has 104 valence electrons.